The van der Waals surface area contributed by atoms with Gasteiger partial charge in [0.05, 0.1) is 5.75 Å². The van der Waals surface area contributed by atoms with Crippen molar-refractivity contribution in [3.63, 3.8) is 0 Å². The smallest absolute Gasteiger partial charge is 0.242 e. The molecule has 2 aromatic carbocycles. The summed E-state index contributed by atoms with van der Waals surface area (Å²) in [7, 11) is 0. The van der Waals surface area contributed by atoms with Gasteiger partial charge in [-0.3, -0.25) is 9.59 Å². The molecular weight excluding hydrogens is 503 g/mol. The number of amides is 2. The van der Waals surface area contributed by atoms with Crippen LogP contribution in [0.5, 0.6) is 0 Å². The van der Waals surface area contributed by atoms with E-state index in [1.165, 1.54) is 17.8 Å². The first-order valence-corrected chi connectivity index (χ1v) is 12.4. The summed E-state index contributed by atoms with van der Waals surface area (Å²) >= 11 is 10.8. The fourth-order valence-corrected chi connectivity index (χ4v) is 4.57. The molecule has 0 unspecified atom stereocenters. The van der Waals surface area contributed by atoms with E-state index in [9.17, 15) is 14.0 Å². The molecule has 0 aliphatic carbocycles. The highest BCUT2D eigenvalue weighted by molar-refractivity contribution is 9.10. The maximum atomic E-state index is 14.0. The number of nitrogens with zero attached hydrogens (tertiary/aromatic N) is 1. The Kier molecular flexibility index (Phi) is 10.3. The Hall–Kier alpha value is -1.57. The van der Waals surface area contributed by atoms with Crippen LogP contribution in [-0.4, -0.2) is 34.6 Å². The molecule has 2 aromatic rings. The van der Waals surface area contributed by atoms with Crippen LogP contribution in [0.1, 0.15) is 38.3 Å². The van der Waals surface area contributed by atoms with Crippen LogP contribution in [-0.2, 0) is 21.9 Å². The van der Waals surface area contributed by atoms with Crippen LogP contribution >= 0.6 is 39.3 Å². The zero-order valence-electron chi connectivity index (χ0n) is 17.8. The average Bonchev–Trinajstić information content (AvgIpc) is 2.73. The normalized spacial score (nSPS) is 12.8. The molecule has 2 amide bonds. The van der Waals surface area contributed by atoms with Gasteiger partial charge in [-0.15, -0.1) is 11.8 Å². The fourth-order valence-electron chi connectivity index (χ4n) is 2.87. The number of carbonyl (C=O) groups excluding carboxylic acids is 2. The van der Waals surface area contributed by atoms with Gasteiger partial charge in [-0.2, -0.15) is 0 Å². The molecule has 4 nitrogen and oxygen atoms in total. The molecule has 0 aliphatic heterocycles. The molecule has 0 spiro atoms. The zero-order chi connectivity index (χ0) is 23.0. The van der Waals surface area contributed by atoms with E-state index >= 15 is 0 Å². The molecule has 0 aromatic heterocycles. The summed E-state index contributed by atoms with van der Waals surface area (Å²) in [5.41, 5.74) is 1.29. The average molecular weight is 530 g/mol. The first-order chi connectivity index (χ1) is 14.7. The number of rotatable bonds is 10. The van der Waals surface area contributed by atoms with E-state index < -0.39 is 6.04 Å². The van der Waals surface area contributed by atoms with Crippen LogP contribution in [0.25, 0.3) is 0 Å². The van der Waals surface area contributed by atoms with Gasteiger partial charge in [-0.25, -0.2) is 4.39 Å². The second kappa shape index (κ2) is 12.5. The number of thioether (sulfide) groups is 1. The summed E-state index contributed by atoms with van der Waals surface area (Å²) < 4.78 is 14.9. The summed E-state index contributed by atoms with van der Waals surface area (Å²) in [5.74, 6) is -0.390. The molecule has 0 bridgehead atoms. The van der Waals surface area contributed by atoms with Crippen LogP contribution < -0.4 is 5.32 Å². The summed E-state index contributed by atoms with van der Waals surface area (Å²) in [4.78, 5) is 27.4. The maximum Gasteiger partial charge on any atom is 0.242 e. The first kappa shape index (κ1) is 25.7. The standard InChI is InChI=1S/C23H27BrClFN2O2S/c1-4-15(2)27-23(30)16(3)28(12-17-7-5-8-18(24)11-17)22(29)14-31-13-19-20(25)9-6-10-21(19)26/h5-11,15-16H,4,12-14H2,1-3H3,(H,27,30)/t15-,16-/m0/s1. The van der Waals surface area contributed by atoms with Gasteiger partial charge in [-0.1, -0.05) is 52.7 Å². The second-order valence-electron chi connectivity index (χ2n) is 7.34. The van der Waals surface area contributed by atoms with E-state index in [1.54, 1.807) is 24.0 Å². The van der Waals surface area contributed by atoms with Gasteiger partial charge in [0.2, 0.25) is 11.8 Å². The van der Waals surface area contributed by atoms with Crippen molar-refractivity contribution >= 4 is 51.1 Å². The van der Waals surface area contributed by atoms with E-state index in [-0.39, 0.29) is 35.2 Å². The zero-order valence-corrected chi connectivity index (χ0v) is 21.0. The number of nitrogens with one attached hydrogen (secondary N) is 1. The van der Waals surface area contributed by atoms with Gasteiger partial charge < -0.3 is 10.2 Å². The number of halogens is 3. The van der Waals surface area contributed by atoms with Crippen LogP contribution in [0.3, 0.4) is 0 Å². The lowest BCUT2D eigenvalue weighted by Gasteiger charge is -2.29. The third-order valence-corrected chi connectivity index (χ3v) is 6.74. The van der Waals surface area contributed by atoms with Gasteiger partial charge in [0.15, 0.2) is 0 Å². The minimum absolute atomic E-state index is 0.0235. The lowest BCUT2D eigenvalue weighted by molar-refractivity contribution is -0.138. The van der Waals surface area contributed by atoms with E-state index in [0.29, 0.717) is 17.1 Å². The third-order valence-electron chi connectivity index (χ3n) is 4.94. The van der Waals surface area contributed by atoms with Gasteiger partial charge in [-0.05, 0) is 50.1 Å². The molecule has 1 N–H and O–H groups in total. The molecule has 2 rings (SSSR count). The van der Waals surface area contributed by atoms with Crippen molar-refractivity contribution in [2.75, 3.05) is 5.75 Å². The van der Waals surface area contributed by atoms with E-state index in [2.05, 4.69) is 21.2 Å². The molecule has 0 saturated carbocycles. The van der Waals surface area contributed by atoms with Crippen molar-refractivity contribution in [3.8, 4) is 0 Å². The summed E-state index contributed by atoms with van der Waals surface area (Å²) in [5, 5.41) is 3.28. The number of hydrogen-bond donors (Lipinski definition) is 1. The predicted molar refractivity (Wildman–Crippen MR) is 130 cm³/mol. The lowest BCUT2D eigenvalue weighted by Crippen LogP contribution is -2.50. The molecule has 31 heavy (non-hydrogen) atoms. The molecule has 0 radical (unpaired) electrons. The van der Waals surface area contributed by atoms with Crippen molar-refractivity contribution in [2.24, 2.45) is 0 Å². The third kappa shape index (κ3) is 7.81. The second-order valence-corrected chi connectivity index (χ2v) is 9.65. The number of benzene rings is 2. The lowest BCUT2D eigenvalue weighted by atomic mass is 10.1. The monoisotopic (exact) mass is 528 g/mol. The highest BCUT2D eigenvalue weighted by Gasteiger charge is 2.26. The maximum absolute atomic E-state index is 14.0. The quantitative estimate of drug-likeness (QED) is 0.423. The summed E-state index contributed by atoms with van der Waals surface area (Å²) in [6.07, 6.45) is 0.803. The molecule has 168 valence electrons. The van der Waals surface area contributed by atoms with Gasteiger partial charge in [0, 0.05) is 33.4 Å². The van der Waals surface area contributed by atoms with E-state index in [0.717, 1.165) is 16.5 Å². The molecule has 8 heteroatoms. The van der Waals surface area contributed by atoms with Crippen molar-refractivity contribution in [1.82, 2.24) is 10.2 Å². The van der Waals surface area contributed by atoms with E-state index in [4.69, 9.17) is 11.6 Å². The highest BCUT2D eigenvalue weighted by atomic mass is 79.9. The topological polar surface area (TPSA) is 49.4 Å². The Morgan fingerprint density at radius 3 is 2.58 bits per heavy atom. The Morgan fingerprint density at radius 2 is 1.94 bits per heavy atom. The fraction of sp³-hybridized carbons (Fsp3) is 0.391. The Labute approximate surface area is 201 Å². The van der Waals surface area contributed by atoms with Crippen molar-refractivity contribution in [3.05, 3.63) is 68.9 Å². The van der Waals surface area contributed by atoms with Gasteiger partial charge in [0.25, 0.3) is 0 Å². The SMILES string of the molecule is CC[C@H](C)NC(=O)[C@H](C)N(Cc1cccc(Br)c1)C(=O)CSCc1c(F)cccc1Cl. The molecule has 0 heterocycles. The summed E-state index contributed by atoms with van der Waals surface area (Å²) in [6, 6.07) is 11.5. The van der Waals surface area contributed by atoms with E-state index in [1.807, 2.05) is 38.1 Å². The molecule has 0 fully saturated rings. The Morgan fingerprint density at radius 1 is 1.23 bits per heavy atom. The van der Waals surface area contributed by atoms with Crippen LogP contribution in [0.4, 0.5) is 4.39 Å². The first-order valence-electron chi connectivity index (χ1n) is 10.1. The van der Waals surface area contributed by atoms with Crippen LogP contribution in [0.15, 0.2) is 46.9 Å². The largest absolute Gasteiger partial charge is 0.352 e. The molecule has 2 atom stereocenters. The predicted octanol–water partition coefficient (Wildman–Crippen LogP) is 5.81. The molecule has 0 saturated heterocycles. The van der Waals surface area contributed by atoms with Gasteiger partial charge in [0.1, 0.15) is 11.9 Å². The molecular formula is C23H27BrClFN2O2S. The van der Waals surface area contributed by atoms with Crippen molar-refractivity contribution < 1.29 is 14.0 Å². The van der Waals surface area contributed by atoms with Crippen LogP contribution in [0.2, 0.25) is 5.02 Å². The minimum atomic E-state index is -0.641. The van der Waals surface area contributed by atoms with Crippen molar-refractivity contribution in [1.29, 1.82) is 0 Å². The molecule has 0 aliphatic rings. The number of carbonyl (C=O) groups is 2. The minimum Gasteiger partial charge on any atom is -0.352 e. The Balaban J connectivity index is 2.12. The van der Waals surface area contributed by atoms with Crippen molar-refractivity contribution in [2.45, 2.75) is 51.6 Å². The number of hydrogen-bond acceptors (Lipinski definition) is 3. The van der Waals surface area contributed by atoms with Crippen LogP contribution in [0, 0.1) is 5.82 Å². The highest BCUT2D eigenvalue weighted by Crippen LogP contribution is 2.24. The Bertz CT molecular complexity index is 895. The summed E-state index contributed by atoms with van der Waals surface area (Å²) in [6.45, 7) is 5.95. The van der Waals surface area contributed by atoms with Gasteiger partial charge >= 0.3 is 0 Å².